The Morgan fingerprint density at radius 3 is 0.176 bits per heavy atom. The van der Waals surface area contributed by atoms with Gasteiger partial charge in [0.05, 0.1) is 0 Å². The van der Waals surface area contributed by atoms with Crippen molar-refractivity contribution in [1.29, 1.82) is 0 Å². The maximum Gasteiger partial charge on any atom is 0.0319 e. The SMILES string of the molecule is CCC.CCC.CCC.CCC.CCC.CCC.CCC.CCC.CO.CO.CO.CO.CO.CO.c1ccc2ccccc2c1.c1ccc2ccccc2c1.c1ccc2ccccc2c1.c1ccccc1.c1ccccc1.c1ccccc1.c1ccccc1.c1ccccc1.c1ccccc1.c1ccccc1. The maximum atomic E-state index is 7.00. The average Bonchev–Trinajstić information content (AvgIpc) is 0.891. The van der Waals surface area contributed by atoms with Crippen LogP contribution in [0.25, 0.3) is 32.3 Å². The van der Waals surface area contributed by atoms with Crippen LogP contribution in [0.4, 0.5) is 0 Å². The Balaban J connectivity index is -0.000000103. The minimum Gasteiger partial charge on any atom is -0.400 e. The molecule has 0 spiro atoms. The van der Waals surface area contributed by atoms with E-state index >= 15 is 0 Å². The Morgan fingerprint density at radius 2 is 0.139 bits per heavy atom. The van der Waals surface area contributed by atoms with Crippen LogP contribution in [0.3, 0.4) is 0 Å². The third-order valence-electron chi connectivity index (χ3n) is 9.64. The summed E-state index contributed by atoms with van der Waals surface area (Å²) in [5, 5.41) is 49.9. The summed E-state index contributed by atoms with van der Waals surface area (Å²) in [5.41, 5.74) is 0. The first-order chi connectivity index (χ1) is 53.2. The predicted molar refractivity (Wildman–Crippen MR) is 494 cm³/mol. The van der Waals surface area contributed by atoms with Crippen LogP contribution < -0.4 is 0 Å². The molecule has 0 heterocycles. The summed E-state index contributed by atoms with van der Waals surface area (Å²) in [7, 11) is 6.00. The summed E-state index contributed by atoms with van der Waals surface area (Å²) in [6.45, 7) is 34.0. The quantitative estimate of drug-likeness (QED) is 0.0900. The number of rotatable bonds is 0. The van der Waals surface area contributed by atoms with E-state index in [1.54, 1.807) is 0 Å². The van der Waals surface area contributed by atoms with Gasteiger partial charge in [0.15, 0.2) is 0 Å². The summed E-state index contributed by atoms with van der Waals surface area (Å²) in [6.07, 6.45) is 10.0. The fraction of sp³-hybridized carbons (Fsp3) is 0.294. The zero-order valence-corrected chi connectivity index (χ0v) is 71.4. The lowest BCUT2D eigenvalue weighted by atomic mass is 10.1. The van der Waals surface area contributed by atoms with Crippen LogP contribution in [0.15, 0.2) is 400 Å². The number of benzene rings is 13. The zero-order valence-electron chi connectivity index (χ0n) is 71.4. The van der Waals surface area contributed by atoms with Gasteiger partial charge in [-0.3, -0.25) is 0 Å². The van der Waals surface area contributed by atoms with E-state index in [4.69, 9.17) is 30.6 Å². The molecule has 0 unspecified atom stereocenters. The van der Waals surface area contributed by atoms with Crippen molar-refractivity contribution in [2.45, 2.75) is 162 Å². The number of aliphatic hydroxyl groups excluding tert-OH is 6. The average molecular weight is 1480 g/mol. The number of aliphatic hydroxyl groups is 6. The first-order valence-electron chi connectivity index (χ1n) is 38.2. The molecule has 598 valence electrons. The lowest BCUT2D eigenvalue weighted by Crippen LogP contribution is -1.67. The summed E-state index contributed by atoms with van der Waals surface area (Å²) in [5.74, 6) is 0. The van der Waals surface area contributed by atoms with Gasteiger partial charge in [-0.25, -0.2) is 0 Å². The second-order valence-electron chi connectivity index (χ2n) is 20.8. The zero-order chi connectivity index (χ0) is 83.8. The Kier molecular flexibility index (Phi) is 151. The van der Waals surface area contributed by atoms with Gasteiger partial charge in [0.2, 0.25) is 0 Å². The van der Waals surface area contributed by atoms with E-state index in [0.717, 1.165) is 42.7 Å². The van der Waals surface area contributed by atoms with Gasteiger partial charge in [-0.2, -0.15) is 0 Å². The molecule has 0 aromatic heterocycles. The van der Waals surface area contributed by atoms with Crippen LogP contribution in [0.1, 0.15) is 162 Å². The van der Waals surface area contributed by atoms with Crippen LogP contribution in [-0.4, -0.2) is 73.3 Å². The van der Waals surface area contributed by atoms with Crippen molar-refractivity contribution in [1.82, 2.24) is 0 Å². The Labute approximate surface area is 664 Å². The Hall–Kier alpha value is -9.60. The molecule has 108 heavy (non-hydrogen) atoms. The van der Waals surface area contributed by atoms with Gasteiger partial charge in [0, 0.05) is 42.7 Å². The number of fused-ring (bicyclic) bond motifs is 3. The third-order valence-corrected chi connectivity index (χ3v) is 9.64. The van der Waals surface area contributed by atoms with Gasteiger partial charge in [-0.05, 0) is 32.3 Å². The molecule has 13 aromatic rings. The normalized spacial score (nSPS) is 7.56. The summed E-state index contributed by atoms with van der Waals surface area (Å²) >= 11 is 0. The highest BCUT2D eigenvalue weighted by atomic mass is 16.2. The van der Waals surface area contributed by atoms with Gasteiger partial charge in [-0.1, -0.05) is 563 Å². The van der Waals surface area contributed by atoms with Crippen LogP contribution in [0.2, 0.25) is 0 Å². The van der Waals surface area contributed by atoms with E-state index in [0.29, 0.717) is 0 Å². The van der Waals surface area contributed by atoms with Gasteiger partial charge < -0.3 is 30.6 Å². The molecule has 13 rings (SSSR count). The molecule has 0 bridgehead atoms. The molecule has 0 saturated carbocycles. The van der Waals surface area contributed by atoms with Crippen molar-refractivity contribution in [2.24, 2.45) is 0 Å². The molecule has 0 amide bonds. The van der Waals surface area contributed by atoms with Gasteiger partial charge in [0.25, 0.3) is 0 Å². The van der Waals surface area contributed by atoms with E-state index in [9.17, 15) is 0 Å². The fourth-order valence-corrected chi connectivity index (χ4v) is 6.09. The van der Waals surface area contributed by atoms with E-state index in [-0.39, 0.29) is 0 Å². The van der Waals surface area contributed by atoms with Crippen molar-refractivity contribution in [3.63, 3.8) is 0 Å². The lowest BCUT2D eigenvalue weighted by Gasteiger charge is -1.92. The highest BCUT2D eigenvalue weighted by Gasteiger charge is 1.87. The van der Waals surface area contributed by atoms with Crippen LogP contribution >= 0.6 is 0 Å². The molecular formula is C102H154O6. The fourth-order valence-electron chi connectivity index (χ4n) is 6.09. The summed E-state index contributed by atoms with van der Waals surface area (Å²) < 4.78 is 0. The lowest BCUT2D eigenvalue weighted by molar-refractivity contribution is 0.399. The topological polar surface area (TPSA) is 121 Å². The van der Waals surface area contributed by atoms with Crippen molar-refractivity contribution >= 4 is 32.3 Å². The molecule has 0 atom stereocenters. The van der Waals surface area contributed by atoms with E-state index in [1.165, 1.54) is 83.7 Å². The Bertz CT molecular complexity index is 2390. The summed E-state index contributed by atoms with van der Waals surface area (Å²) in [4.78, 5) is 0. The van der Waals surface area contributed by atoms with Crippen molar-refractivity contribution in [3.05, 3.63) is 400 Å². The van der Waals surface area contributed by atoms with E-state index in [1.807, 2.05) is 255 Å². The van der Waals surface area contributed by atoms with Crippen LogP contribution in [0, 0.1) is 0 Å². The largest absolute Gasteiger partial charge is 0.400 e. The number of hydrogen-bond acceptors (Lipinski definition) is 6. The highest BCUT2D eigenvalue weighted by Crippen LogP contribution is 2.13. The molecule has 6 heteroatoms. The molecule has 6 N–H and O–H groups in total. The highest BCUT2D eigenvalue weighted by molar-refractivity contribution is 5.83. The second kappa shape index (κ2) is 133. The molecule has 0 aliphatic carbocycles. The van der Waals surface area contributed by atoms with Gasteiger partial charge in [-0.15, -0.1) is 0 Å². The molecule has 0 fully saturated rings. The molecule has 13 aromatic carbocycles. The first kappa shape index (κ1) is 122. The number of hydrogen-bond donors (Lipinski definition) is 6. The van der Waals surface area contributed by atoms with Crippen molar-refractivity contribution in [2.75, 3.05) is 42.7 Å². The molecule has 0 saturated heterocycles. The van der Waals surface area contributed by atoms with Gasteiger partial charge >= 0.3 is 0 Å². The van der Waals surface area contributed by atoms with E-state index < -0.39 is 0 Å². The minimum absolute atomic E-state index is 1.00. The Morgan fingerprint density at radius 1 is 0.102 bits per heavy atom. The standard InChI is InChI=1S/3C10H8.7C6H6.8C3H8.6CH4O/c3*1-2-6-10-8-4-3-7-9(10)5-1;7*1-2-4-6-5-3-1;8*1-3-2;6*1-2/h3*1-8H;7*1-6H;8*3H2,1-2H3;6*2H,1H3. The molecule has 0 aliphatic heterocycles. The monoisotopic (exact) mass is 1480 g/mol. The first-order valence-corrected chi connectivity index (χ1v) is 38.2. The summed E-state index contributed by atoms with van der Waals surface area (Å²) in [6, 6.07) is 134. The molecular weight excluding hydrogens is 1320 g/mol. The predicted octanol–water partition coefficient (Wildman–Crippen LogP) is 29.3. The molecule has 6 nitrogen and oxygen atoms in total. The molecule has 0 radical (unpaired) electrons. The van der Waals surface area contributed by atoms with Crippen molar-refractivity contribution in [3.8, 4) is 0 Å². The van der Waals surface area contributed by atoms with Gasteiger partial charge in [0.1, 0.15) is 0 Å². The van der Waals surface area contributed by atoms with Crippen LogP contribution in [-0.2, 0) is 0 Å². The second-order valence-corrected chi connectivity index (χ2v) is 20.8. The maximum absolute atomic E-state index is 7.00. The smallest absolute Gasteiger partial charge is 0.0319 e. The molecule has 0 aliphatic rings. The van der Waals surface area contributed by atoms with E-state index in [2.05, 4.69) is 256 Å². The third kappa shape index (κ3) is 118. The van der Waals surface area contributed by atoms with Crippen molar-refractivity contribution < 1.29 is 30.6 Å². The minimum atomic E-state index is 1.00. The van der Waals surface area contributed by atoms with Crippen LogP contribution in [0.5, 0.6) is 0 Å².